The SMILES string of the molecule is CCOC(=S)C1C=NCCc2c1[nH]c1ccccc21. The van der Waals surface area contributed by atoms with E-state index < -0.39 is 0 Å². The largest absolute Gasteiger partial charge is 0.486 e. The highest BCUT2D eigenvalue weighted by atomic mass is 32.1. The van der Waals surface area contributed by atoms with Gasteiger partial charge in [0.1, 0.15) is 5.92 Å². The molecule has 3 rings (SSSR count). The summed E-state index contributed by atoms with van der Waals surface area (Å²) in [6.07, 6.45) is 2.86. The molecule has 1 N–H and O–H groups in total. The first-order valence-corrected chi connectivity index (χ1v) is 6.98. The molecule has 2 aromatic rings. The van der Waals surface area contributed by atoms with E-state index in [-0.39, 0.29) is 5.92 Å². The molecule has 1 aromatic carbocycles. The molecule has 1 unspecified atom stereocenters. The lowest BCUT2D eigenvalue weighted by molar-refractivity contribution is 0.327. The van der Waals surface area contributed by atoms with Gasteiger partial charge >= 0.3 is 0 Å². The number of nitrogens with one attached hydrogen (secondary N) is 1. The number of fused-ring (bicyclic) bond motifs is 3. The predicted molar refractivity (Wildman–Crippen MR) is 82.3 cm³/mol. The van der Waals surface area contributed by atoms with Crippen LogP contribution in [0.15, 0.2) is 29.3 Å². The van der Waals surface area contributed by atoms with Crippen molar-refractivity contribution < 1.29 is 4.74 Å². The van der Waals surface area contributed by atoms with Crippen LogP contribution in [0, 0.1) is 0 Å². The molecule has 3 nitrogen and oxygen atoms in total. The molecule has 98 valence electrons. The minimum absolute atomic E-state index is 0.0418. The van der Waals surface area contributed by atoms with Gasteiger partial charge in [0.05, 0.1) is 6.61 Å². The van der Waals surface area contributed by atoms with Gasteiger partial charge in [-0.1, -0.05) is 18.2 Å². The minimum atomic E-state index is -0.0418. The third kappa shape index (κ3) is 2.16. The zero-order valence-electron chi connectivity index (χ0n) is 10.8. The number of thiocarbonyl (C=S) groups is 1. The van der Waals surface area contributed by atoms with Crippen molar-refractivity contribution >= 4 is 34.4 Å². The Morgan fingerprint density at radius 1 is 1.47 bits per heavy atom. The number of H-pyrrole nitrogens is 1. The van der Waals surface area contributed by atoms with Crippen molar-refractivity contribution in [3.63, 3.8) is 0 Å². The fourth-order valence-electron chi connectivity index (χ4n) is 2.60. The molecular weight excluding hydrogens is 256 g/mol. The van der Waals surface area contributed by atoms with Crippen LogP contribution in [0.25, 0.3) is 10.9 Å². The van der Waals surface area contributed by atoms with Crippen LogP contribution in [0.5, 0.6) is 0 Å². The Morgan fingerprint density at radius 2 is 2.32 bits per heavy atom. The Bertz CT molecular complexity index is 645. The molecule has 1 aromatic heterocycles. The van der Waals surface area contributed by atoms with Gasteiger partial charge in [0, 0.05) is 29.4 Å². The van der Waals surface area contributed by atoms with Crippen LogP contribution in [-0.4, -0.2) is 29.4 Å². The maximum Gasteiger partial charge on any atom is 0.174 e. The van der Waals surface area contributed by atoms with Gasteiger partial charge in [-0.3, -0.25) is 4.99 Å². The van der Waals surface area contributed by atoms with Crippen LogP contribution in [0.4, 0.5) is 0 Å². The molecule has 4 heteroatoms. The van der Waals surface area contributed by atoms with E-state index in [0.717, 1.165) is 24.2 Å². The monoisotopic (exact) mass is 272 g/mol. The van der Waals surface area contributed by atoms with Gasteiger partial charge < -0.3 is 9.72 Å². The lowest BCUT2D eigenvalue weighted by Gasteiger charge is -2.13. The van der Waals surface area contributed by atoms with Gasteiger partial charge in [0.2, 0.25) is 0 Å². The second kappa shape index (κ2) is 5.13. The zero-order chi connectivity index (χ0) is 13.2. The molecular formula is C15H16N2OS. The fraction of sp³-hybridized carbons (Fsp3) is 0.333. The highest BCUT2D eigenvalue weighted by molar-refractivity contribution is 7.80. The van der Waals surface area contributed by atoms with Gasteiger partial charge in [-0.25, -0.2) is 0 Å². The van der Waals surface area contributed by atoms with Crippen molar-refractivity contribution in [3.05, 3.63) is 35.5 Å². The molecule has 0 saturated heterocycles. The quantitative estimate of drug-likeness (QED) is 0.852. The molecule has 0 aliphatic carbocycles. The summed E-state index contributed by atoms with van der Waals surface area (Å²) in [5.41, 5.74) is 3.62. The van der Waals surface area contributed by atoms with Crippen LogP contribution < -0.4 is 0 Å². The molecule has 2 heterocycles. The topological polar surface area (TPSA) is 37.4 Å². The van der Waals surface area contributed by atoms with E-state index in [4.69, 9.17) is 17.0 Å². The molecule has 0 spiro atoms. The first-order valence-electron chi connectivity index (χ1n) is 6.57. The lowest BCUT2D eigenvalue weighted by atomic mass is 10.0. The Labute approximate surface area is 117 Å². The number of aromatic nitrogens is 1. The standard InChI is InChI=1S/C15H16N2OS/c1-2-18-15(19)12-9-16-8-7-11-10-5-3-4-6-13(10)17-14(11)12/h3-6,9,12,17H,2,7-8H2,1H3. The summed E-state index contributed by atoms with van der Waals surface area (Å²) in [6, 6.07) is 8.36. The third-order valence-electron chi connectivity index (χ3n) is 3.44. The molecule has 0 bridgehead atoms. The summed E-state index contributed by atoms with van der Waals surface area (Å²) in [5.74, 6) is -0.0418. The average molecular weight is 272 g/mol. The second-order valence-electron chi connectivity index (χ2n) is 4.60. The predicted octanol–water partition coefficient (Wildman–Crippen LogP) is 3.24. The van der Waals surface area contributed by atoms with Gasteiger partial charge in [-0.15, -0.1) is 0 Å². The number of para-hydroxylation sites is 1. The van der Waals surface area contributed by atoms with Crippen LogP contribution >= 0.6 is 12.2 Å². The maximum absolute atomic E-state index is 5.51. The molecule has 1 aliphatic rings. The van der Waals surface area contributed by atoms with E-state index in [0.29, 0.717) is 11.7 Å². The summed E-state index contributed by atoms with van der Waals surface area (Å²) < 4.78 is 5.51. The van der Waals surface area contributed by atoms with Crippen LogP contribution in [0.1, 0.15) is 24.1 Å². The van der Waals surface area contributed by atoms with E-state index in [1.54, 1.807) is 0 Å². The molecule has 1 aliphatic heterocycles. The van der Waals surface area contributed by atoms with Crippen molar-refractivity contribution in [1.29, 1.82) is 0 Å². The number of hydrogen-bond donors (Lipinski definition) is 1. The molecule has 1 atom stereocenters. The minimum Gasteiger partial charge on any atom is -0.486 e. The van der Waals surface area contributed by atoms with Crippen LogP contribution in [0.3, 0.4) is 0 Å². The molecule has 0 fully saturated rings. The average Bonchev–Trinajstić information content (AvgIpc) is 2.64. The highest BCUT2D eigenvalue weighted by Crippen LogP contribution is 2.30. The Morgan fingerprint density at radius 3 is 3.16 bits per heavy atom. The van der Waals surface area contributed by atoms with E-state index in [9.17, 15) is 0 Å². The fourth-order valence-corrected chi connectivity index (χ4v) is 2.89. The summed E-state index contributed by atoms with van der Waals surface area (Å²) >= 11 is 5.38. The third-order valence-corrected chi connectivity index (χ3v) is 3.82. The van der Waals surface area contributed by atoms with Crippen molar-refractivity contribution in [2.24, 2.45) is 4.99 Å². The summed E-state index contributed by atoms with van der Waals surface area (Å²) in [7, 11) is 0. The Hall–Kier alpha value is -1.68. The summed E-state index contributed by atoms with van der Waals surface area (Å²) in [5, 5.41) is 1.87. The number of nitrogens with zero attached hydrogens (tertiary/aromatic N) is 1. The number of hydrogen-bond acceptors (Lipinski definition) is 3. The first-order chi connectivity index (χ1) is 9.31. The van der Waals surface area contributed by atoms with Gasteiger partial charge in [0.25, 0.3) is 0 Å². The molecule has 0 amide bonds. The number of rotatable bonds is 2. The zero-order valence-corrected chi connectivity index (χ0v) is 11.7. The summed E-state index contributed by atoms with van der Waals surface area (Å²) in [6.45, 7) is 3.35. The van der Waals surface area contributed by atoms with Crippen molar-refractivity contribution in [3.8, 4) is 0 Å². The number of aliphatic imine (C=N–C) groups is 1. The van der Waals surface area contributed by atoms with Crippen LogP contribution in [-0.2, 0) is 11.2 Å². The molecule has 0 saturated carbocycles. The van der Waals surface area contributed by atoms with E-state index in [1.165, 1.54) is 10.9 Å². The second-order valence-corrected chi connectivity index (χ2v) is 5.00. The maximum atomic E-state index is 5.51. The normalized spacial score (nSPS) is 18.1. The number of benzene rings is 1. The molecule has 0 radical (unpaired) electrons. The Kier molecular flexibility index (Phi) is 3.34. The van der Waals surface area contributed by atoms with E-state index in [1.807, 2.05) is 19.2 Å². The number of ether oxygens (including phenoxy) is 1. The van der Waals surface area contributed by atoms with Crippen molar-refractivity contribution in [2.75, 3.05) is 13.2 Å². The van der Waals surface area contributed by atoms with E-state index >= 15 is 0 Å². The van der Waals surface area contributed by atoms with Crippen molar-refractivity contribution in [2.45, 2.75) is 19.3 Å². The molecule has 19 heavy (non-hydrogen) atoms. The van der Waals surface area contributed by atoms with Crippen molar-refractivity contribution in [1.82, 2.24) is 4.98 Å². The van der Waals surface area contributed by atoms with Crippen LogP contribution in [0.2, 0.25) is 0 Å². The Balaban J connectivity index is 2.12. The number of aromatic amines is 1. The lowest BCUT2D eigenvalue weighted by Crippen LogP contribution is -2.16. The van der Waals surface area contributed by atoms with E-state index in [2.05, 4.69) is 28.2 Å². The first kappa shape index (κ1) is 12.4. The van der Waals surface area contributed by atoms with Gasteiger partial charge in [0.15, 0.2) is 5.05 Å². The summed E-state index contributed by atoms with van der Waals surface area (Å²) in [4.78, 5) is 7.92. The highest BCUT2D eigenvalue weighted by Gasteiger charge is 2.24. The smallest absolute Gasteiger partial charge is 0.174 e. The van der Waals surface area contributed by atoms with Gasteiger partial charge in [-0.2, -0.15) is 0 Å². The van der Waals surface area contributed by atoms with Gasteiger partial charge in [-0.05, 0) is 37.2 Å².